The Labute approximate surface area is 54.3 Å². The van der Waals surface area contributed by atoms with E-state index in [1.54, 1.807) is 7.05 Å². The summed E-state index contributed by atoms with van der Waals surface area (Å²) in [6.07, 6.45) is 0. The maximum atomic E-state index is 9.54. The van der Waals surface area contributed by atoms with Gasteiger partial charge in [-0.3, -0.25) is 4.79 Å². The van der Waals surface area contributed by atoms with Gasteiger partial charge in [0.2, 0.25) is 0 Å². The monoisotopic (exact) mass is 96.1 g/mol. The number of hydrogen-bond donors (Lipinski definition) is 2. The third-order valence-corrected chi connectivity index (χ3v) is 0.328. The normalized spacial score (nSPS) is 7.00. The molecule has 37 valence electrons. The predicted octanol–water partition coefficient (Wildman–Crippen LogP) is -1.09. The van der Waals surface area contributed by atoms with Gasteiger partial charge in [0.15, 0.2) is 0 Å². The molecule has 1 radical (unpaired) electrons. The zero-order valence-electron chi connectivity index (χ0n) is 4.56. The van der Waals surface area contributed by atoms with Crippen LogP contribution in [0, 0.1) is 0 Å². The van der Waals surface area contributed by atoms with E-state index in [-0.39, 0.29) is 25.4 Å². The Balaban J connectivity index is 0. The molecule has 0 unspecified atom stereocenters. The number of aliphatic carboxylic acids is 1. The Morgan fingerprint density at radius 3 is 2.29 bits per heavy atom. The molecule has 0 aliphatic carbocycles. The van der Waals surface area contributed by atoms with Crippen molar-refractivity contribution < 1.29 is 9.90 Å². The topological polar surface area (TPSA) is 49.3 Å². The largest absolute Gasteiger partial charge is 0.480 e. The van der Waals surface area contributed by atoms with E-state index in [1.807, 2.05) is 0 Å². The maximum Gasteiger partial charge on any atom is 0.317 e. The molecule has 0 aromatic carbocycles. The van der Waals surface area contributed by atoms with Gasteiger partial charge in [0, 0.05) is 18.9 Å². The zero-order chi connectivity index (χ0) is 4.99. The third-order valence-electron chi connectivity index (χ3n) is 0.328. The Kier molecular flexibility index (Phi) is 8.70. The fraction of sp³-hybridized carbons (Fsp3) is 0.667. The van der Waals surface area contributed by atoms with Gasteiger partial charge in [-0.05, 0) is 7.05 Å². The van der Waals surface area contributed by atoms with Gasteiger partial charge in [0.05, 0.1) is 6.54 Å². The van der Waals surface area contributed by atoms with Crippen LogP contribution in [0.2, 0.25) is 0 Å². The molecule has 3 nitrogen and oxygen atoms in total. The molecule has 0 spiro atoms. The summed E-state index contributed by atoms with van der Waals surface area (Å²) in [4.78, 5) is 9.54. The van der Waals surface area contributed by atoms with Crippen molar-refractivity contribution in [3.63, 3.8) is 0 Å². The first-order chi connectivity index (χ1) is 2.77. The van der Waals surface area contributed by atoms with Gasteiger partial charge in [-0.25, -0.2) is 0 Å². The molecule has 0 aromatic rings. The number of nitrogens with one attached hydrogen (secondary N) is 1. The molecule has 0 amide bonds. The standard InChI is InChI=1S/C3H7NO2.Li/c1-4-2-3(5)6;/h4H,2H2,1H3,(H,5,6);. The van der Waals surface area contributed by atoms with Crippen molar-refractivity contribution >= 4 is 24.8 Å². The minimum absolute atomic E-state index is 0. The van der Waals surface area contributed by atoms with Crippen LogP contribution in [0.3, 0.4) is 0 Å². The summed E-state index contributed by atoms with van der Waals surface area (Å²) in [5, 5.41) is 10.3. The van der Waals surface area contributed by atoms with Crippen molar-refractivity contribution in [2.24, 2.45) is 0 Å². The van der Waals surface area contributed by atoms with E-state index in [9.17, 15) is 4.79 Å². The van der Waals surface area contributed by atoms with E-state index >= 15 is 0 Å². The molecule has 7 heavy (non-hydrogen) atoms. The second-order valence-electron chi connectivity index (χ2n) is 0.924. The van der Waals surface area contributed by atoms with Crippen molar-refractivity contribution in [3.8, 4) is 0 Å². The fourth-order valence-electron chi connectivity index (χ4n) is 0.151. The number of carboxylic acid groups (broad SMARTS) is 1. The summed E-state index contributed by atoms with van der Waals surface area (Å²) in [5.74, 6) is -0.822. The Morgan fingerprint density at radius 1 is 1.86 bits per heavy atom. The molecular formula is C3H7LiNO2. The molecule has 4 heteroatoms. The van der Waals surface area contributed by atoms with Crippen molar-refractivity contribution in [2.45, 2.75) is 0 Å². The number of carbonyl (C=O) groups is 1. The predicted molar refractivity (Wildman–Crippen MR) is 27.3 cm³/mol. The van der Waals surface area contributed by atoms with Crippen LogP contribution in [0.5, 0.6) is 0 Å². The van der Waals surface area contributed by atoms with Crippen LogP contribution >= 0.6 is 0 Å². The van der Waals surface area contributed by atoms with Crippen LogP contribution in [0.1, 0.15) is 0 Å². The minimum Gasteiger partial charge on any atom is -0.480 e. The van der Waals surface area contributed by atoms with Crippen molar-refractivity contribution in [3.05, 3.63) is 0 Å². The molecule has 0 aromatic heterocycles. The molecule has 0 saturated carbocycles. The first-order valence-electron chi connectivity index (χ1n) is 1.63. The fourth-order valence-corrected chi connectivity index (χ4v) is 0.151. The van der Waals surface area contributed by atoms with Gasteiger partial charge in [-0.15, -0.1) is 0 Å². The van der Waals surface area contributed by atoms with Crippen LogP contribution < -0.4 is 5.32 Å². The molecule has 0 bridgehead atoms. The van der Waals surface area contributed by atoms with E-state index in [0.29, 0.717) is 0 Å². The maximum absolute atomic E-state index is 9.54. The van der Waals surface area contributed by atoms with Crippen LogP contribution in [-0.2, 0) is 4.79 Å². The number of rotatable bonds is 2. The van der Waals surface area contributed by atoms with Crippen molar-refractivity contribution in [1.82, 2.24) is 5.32 Å². The first-order valence-corrected chi connectivity index (χ1v) is 1.63. The average molecular weight is 96.0 g/mol. The van der Waals surface area contributed by atoms with E-state index in [4.69, 9.17) is 5.11 Å². The molecular weight excluding hydrogens is 89.0 g/mol. The summed E-state index contributed by atoms with van der Waals surface area (Å²) in [6, 6.07) is 0. The second kappa shape index (κ2) is 6.03. The first kappa shape index (κ1) is 10.1. The van der Waals surface area contributed by atoms with E-state index in [1.165, 1.54) is 0 Å². The van der Waals surface area contributed by atoms with Gasteiger partial charge in [0.1, 0.15) is 0 Å². The number of carboxylic acids is 1. The van der Waals surface area contributed by atoms with Gasteiger partial charge in [0.25, 0.3) is 0 Å². The van der Waals surface area contributed by atoms with Gasteiger partial charge < -0.3 is 10.4 Å². The van der Waals surface area contributed by atoms with E-state index < -0.39 is 5.97 Å². The minimum atomic E-state index is -0.822. The Bertz CT molecular complexity index is 56.9. The van der Waals surface area contributed by atoms with Crippen LogP contribution in [0.4, 0.5) is 0 Å². The molecule has 0 heterocycles. The summed E-state index contributed by atoms with van der Waals surface area (Å²) >= 11 is 0. The molecule has 0 aliphatic rings. The summed E-state index contributed by atoms with van der Waals surface area (Å²) < 4.78 is 0. The van der Waals surface area contributed by atoms with E-state index in [0.717, 1.165) is 0 Å². The van der Waals surface area contributed by atoms with Gasteiger partial charge >= 0.3 is 5.97 Å². The Morgan fingerprint density at radius 2 is 2.29 bits per heavy atom. The summed E-state index contributed by atoms with van der Waals surface area (Å²) in [7, 11) is 1.59. The van der Waals surface area contributed by atoms with Crippen molar-refractivity contribution in [1.29, 1.82) is 0 Å². The second-order valence-corrected chi connectivity index (χ2v) is 0.924. The zero-order valence-corrected chi connectivity index (χ0v) is 4.56. The quantitative estimate of drug-likeness (QED) is 0.429. The van der Waals surface area contributed by atoms with Crippen LogP contribution in [-0.4, -0.2) is 43.5 Å². The van der Waals surface area contributed by atoms with Crippen molar-refractivity contribution in [2.75, 3.05) is 13.6 Å². The molecule has 0 rings (SSSR count). The van der Waals surface area contributed by atoms with Gasteiger partial charge in [-0.2, -0.15) is 0 Å². The molecule has 0 atom stereocenters. The number of likely N-dealkylation sites (N-methyl/N-ethyl adjacent to an activating group) is 1. The summed E-state index contributed by atoms with van der Waals surface area (Å²) in [5.41, 5.74) is 0. The number of hydrogen-bond acceptors (Lipinski definition) is 2. The van der Waals surface area contributed by atoms with Crippen LogP contribution in [0.25, 0.3) is 0 Å². The molecule has 0 fully saturated rings. The average Bonchev–Trinajstić information content (AvgIpc) is 1.35. The van der Waals surface area contributed by atoms with Crippen LogP contribution in [0.15, 0.2) is 0 Å². The summed E-state index contributed by atoms with van der Waals surface area (Å²) in [6.45, 7) is 0.0417. The molecule has 0 aliphatic heterocycles. The van der Waals surface area contributed by atoms with Gasteiger partial charge in [-0.1, -0.05) is 0 Å². The molecule has 2 N–H and O–H groups in total. The van der Waals surface area contributed by atoms with E-state index in [2.05, 4.69) is 5.32 Å². The molecule has 0 saturated heterocycles. The smallest absolute Gasteiger partial charge is 0.317 e. The third kappa shape index (κ3) is 10.7. The SMILES string of the molecule is CNCC(=O)O.[Li]. The Hall–Kier alpha value is 0.0274.